The minimum Gasteiger partial charge on any atom is -0.478 e. The lowest BCUT2D eigenvalue weighted by atomic mass is 10.1. The average molecular weight is 265 g/mol. The fourth-order valence-corrected chi connectivity index (χ4v) is 2.18. The van der Waals surface area contributed by atoms with E-state index in [4.69, 9.17) is 9.47 Å². The lowest BCUT2D eigenvalue weighted by Gasteiger charge is -2.20. The summed E-state index contributed by atoms with van der Waals surface area (Å²) in [5, 5.41) is 3.31. The molecule has 0 saturated carbocycles. The van der Waals surface area contributed by atoms with Crippen LogP contribution in [-0.2, 0) is 4.74 Å². The zero-order chi connectivity index (χ0) is 13.7. The maximum Gasteiger partial charge on any atom is 0.226 e. The van der Waals surface area contributed by atoms with Crippen LogP contribution in [0.5, 0.6) is 5.88 Å². The third kappa shape index (κ3) is 4.06. The number of hydrogen-bond donors (Lipinski definition) is 1. The Morgan fingerprint density at radius 3 is 3.05 bits per heavy atom. The molecule has 0 aromatic carbocycles. The molecule has 1 aromatic rings. The van der Waals surface area contributed by atoms with Gasteiger partial charge in [-0.1, -0.05) is 6.92 Å². The number of nitrogens with one attached hydrogen (secondary N) is 1. The van der Waals surface area contributed by atoms with E-state index >= 15 is 0 Å². The van der Waals surface area contributed by atoms with Gasteiger partial charge in [0, 0.05) is 18.4 Å². The third-order valence-electron chi connectivity index (χ3n) is 3.16. The van der Waals surface area contributed by atoms with Gasteiger partial charge >= 0.3 is 0 Å². The zero-order valence-electron chi connectivity index (χ0n) is 12.0. The molecule has 1 N–H and O–H groups in total. The number of rotatable bonds is 6. The van der Waals surface area contributed by atoms with Gasteiger partial charge in [-0.2, -0.15) is 4.98 Å². The summed E-state index contributed by atoms with van der Waals surface area (Å²) in [7, 11) is 0. The second-order valence-electron chi connectivity index (χ2n) is 5.00. The number of aryl methyl sites for hydroxylation is 1. The molecular weight excluding hydrogens is 242 g/mol. The molecule has 0 radical (unpaired) electrons. The highest BCUT2D eigenvalue weighted by Crippen LogP contribution is 2.19. The smallest absolute Gasteiger partial charge is 0.226 e. The highest BCUT2D eigenvalue weighted by molar-refractivity contribution is 5.32. The molecular formula is C14H23N3O2. The molecule has 0 amide bonds. The highest BCUT2D eigenvalue weighted by atomic mass is 16.5. The van der Waals surface area contributed by atoms with Gasteiger partial charge in [-0.3, -0.25) is 0 Å². The van der Waals surface area contributed by atoms with E-state index in [0.717, 1.165) is 31.6 Å². The quantitative estimate of drug-likeness (QED) is 0.856. The highest BCUT2D eigenvalue weighted by Gasteiger charge is 2.22. The predicted molar refractivity (Wildman–Crippen MR) is 74.6 cm³/mol. The Morgan fingerprint density at radius 2 is 2.37 bits per heavy atom. The summed E-state index contributed by atoms with van der Waals surface area (Å²) in [5.74, 6) is 1.26. The molecule has 1 aliphatic heterocycles. The zero-order valence-corrected chi connectivity index (χ0v) is 12.0. The van der Waals surface area contributed by atoms with Gasteiger partial charge in [0.1, 0.15) is 0 Å². The summed E-state index contributed by atoms with van der Waals surface area (Å²) in [6, 6.07) is 2.07. The van der Waals surface area contributed by atoms with Crippen LogP contribution in [0.3, 0.4) is 0 Å². The van der Waals surface area contributed by atoms with E-state index in [2.05, 4.69) is 29.1 Å². The van der Waals surface area contributed by atoms with Gasteiger partial charge < -0.3 is 14.8 Å². The first-order chi connectivity index (χ1) is 9.19. The molecule has 1 saturated heterocycles. The molecule has 0 spiro atoms. The third-order valence-corrected chi connectivity index (χ3v) is 3.16. The minimum atomic E-state index is 0.211. The lowest BCUT2D eigenvalue weighted by Crippen LogP contribution is -2.30. The Bertz CT molecular complexity index is 406. The van der Waals surface area contributed by atoms with Crippen molar-refractivity contribution in [2.24, 2.45) is 0 Å². The Balaban J connectivity index is 2.00. The van der Waals surface area contributed by atoms with Crippen molar-refractivity contribution in [3.8, 4) is 5.88 Å². The van der Waals surface area contributed by atoms with E-state index in [9.17, 15) is 0 Å². The molecule has 1 aromatic heterocycles. The van der Waals surface area contributed by atoms with Crippen LogP contribution in [0.4, 0.5) is 5.95 Å². The topological polar surface area (TPSA) is 56.3 Å². The van der Waals surface area contributed by atoms with Crippen molar-refractivity contribution in [2.75, 3.05) is 18.5 Å². The van der Waals surface area contributed by atoms with Crippen LogP contribution >= 0.6 is 0 Å². The Kier molecular flexibility index (Phi) is 4.96. The first-order valence-corrected chi connectivity index (χ1v) is 7.05. The largest absolute Gasteiger partial charge is 0.478 e. The summed E-state index contributed by atoms with van der Waals surface area (Å²) in [6.07, 6.45) is 3.46. The molecule has 106 valence electrons. The fraction of sp³-hybridized carbons (Fsp3) is 0.714. The van der Waals surface area contributed by atoms with Crippen molar-refractivity contribution in [3.05, 3.63) is 11.8 Å². The Morgan fingerprint density at radius 1 is 1.53 bits per heavy atom. The molecule has 19 heavy (non-hydrogen) atoms. The van der Waals surface area contributed by atoms with Crippen LogP contribution in [0, 0.1) is 6.92 Å². The normalized spacial score (nSPS) is 20.3. The van der Waals surface area contributed by atoms with Crippen molar-refractivity contribution < 1.29 is 9.47 Å². The van der Waals surface area contributed by atoms with Crippen molar-refractivity contribution in [1.29, 1.82) is 0 Å². The maximum atomic E-state index is 5.66. The minimum absolute atomic E-state index is 0.211. The monoisotopic (exact) mass is 265 g/mol. The van der Waals surface area contributed by atoms with E-state index in [-0.39, 0.29) is 12.1 Å². The molecule has 2 unspecified atom stereocenters. The van der Waals surface area contributed by atoms with Gasteiger partial charge in [0.25, 0.3) is 0 Å². The van der Waals surface area contributed by atoms with Gasteiger partial charge in [0.15, 0.2) is 0 Å². The molecule has 1 fully saturated rings. The SMILES string of the molecule is CCCOc1cc(C)nc(NC(C)C2CCCO2)n1. The number of aromatic nitrogens is 2. The Labute approximate surface area is 114 Å². The summed E-state index contributed by atoms with van der Waals surface area (Å²) < 4.78 is 11.2. The molecule has 2 heterocycles. The first kappa shape index (κ1) is 14.1. The van der Waals surface area contributed by atoms with Crippen molar-refractivity contribution >= 4 is 5.95 Å². The Hall–Kier alpha value is -1.36. The van der Waals surface area contributed by atoms with Gasteiger partial charge in [0.05, 0.1) is 18.8 Å². The van der Waals surface area contributed by atoms with Crippen molar-refractivity contribution in [2.45, 2.75) is 52.2 Å². The molecule has 2 atom stereocenters. The number of hydrogen-bond acceptors (Lipinski definition) is 5. The van der Waals surface area contributed by atoms with Gasteiger partial charge in [-0.15, -0.1) is 0 Å². The van der Waals surface area contributed by atoms with Gasteiger partial charge in [-0.05, 0) is 33.1 Å². The van der Waals surface area contributed by atoms with Gasteiger partial charge in [0.2, 0.25) is 11.8 Å². The number of anilines is 1. The number of nitrogens with zero attached hydrogens (tertiary/aromatic N) is 2. The average Bonchev–Trinajstić information content (AvgIpc) is 2.89. The van der Waals surface area contributed by atoms with Crippen LogP contribution in [0.2, 0.25) is 0 Å². The van der Waals surface area contributed by atoms with Crippen LogP contribution in [-0.4, -0.2) is 35.3 Å². The van der Waals surface area contributed by atoms with E-state index in [1.807, 2.05) is 13.0 Å². The second-order valence-corrected chi connectivity index (χ2v) is 5.00. The standard InChI is InChI=1S/C14H23N3O2/c1-4-7-19-13-9-10(2)15-14(17-13)16-11(3)12-6-5-8-18-12/h9,11-12H,4-8H2,1-3H3,(H,15,16,17). The summed E-state index contributed by atoms with van der Waals surface area (Å²) in [4.78, 5) is 8.78. The molecule has 2 rings (SSSR count). The molecule has 0 aliphatic carbocycles. The first-order valence-electron chi connectivity index (χ1n) is 7.05. The molecule has 5 nitrogen and oxygen atoms in total. The summed E-state index contributed by atoms with van der Waals surface area (Å²) in [6.45, 7) is 7.66. The van der Waals surface area contributed by atoms with Crippen LogP contribution in [0.1, 0.15) is 38.8 Å². The van der Waals surface area contributed by atoms with Crippen molar-refractivity contribution in [3.63, 3.8) is 0 Å². The van der Waals surface area contributed by atoms with E-state index < -0.39 is 0 Å². The predicted octanol–water partition coefficient (Wildman–Crippen LogP) is 2.55. The van der Waals surface area contributed by atoms with Crippen LogP contribution in [0.15, 0.2) is 6.07 Å². The summed E-state index contributed by atoms with van der Waals surface area (Å²) in [5.41, 5.74) is 0.906. The van der Waals surface area contributed by atoms with E-state index in [1.165, 1.54) is 0 Å². The fourth-order valence-electron chi connectivity index (χ4n) is 2.18. The van der Waals surface area contributed by atoms with E-state index in [0.29, 0.717) is 18.4 Å². The molecule has 1 aliphatic rings. The summed E-state index contributed by atoms with van der Waals surface area (Å²) >= 11 is 0. The second kappa shape index (κ2) is 6.70. The van der Waals surface area contributed by atoms with Crippen LogP contribution in [0.25, 0.3) is 0 Å². The molecule has 5 heteroatoms. The van der Waals surface area contributed by atoms with Crippen LogP contribution < -0.4 is 10.1 Å². The lowest BCUT2D eigenvalue weighted by molar-refractivity contribution is 0.0994. The van der Waals surface area contributed by atoms with Crippen molar-refractivity contribution in [1.82, 2.24) is 9.97 Å². The van der Waals surface area contributed by atoms with Gasteiger partial charge in [-0.25, -0.2) is 4.98 Å². The number of ether oxygens (including phenoxy) is 2. The van der Waals surface area contributed by atoms with E-state index in [1.54, 1.807) is 0 Å². The maximum absolute atomic E-state index is 5.66. The molecule has 0 bridgehead atoms.